The van der Waals surface area contributed by atoms with E-state index in [2.05, 4.69) is 4.74 Å². The van der Waals surface area contributed by atoms with E-state index in [-0.39, 0.29) is 0 Å². The summed E-state index contributed by atoms with van der Waals surface area (Å²) in [6, 6.07) is 0. The second kappa shape index (κ2) is 6.92. The SMILES string of the molecule is O=COCC(F)(F)C(F)(F)C(F)(F)C(F)(F)C(F)(F)C(F)(F)C(F)(F)C(F)(F)F. The van der Waals surface area contributed by atoms with Crippen molar-refractivity contribution in [2.24, 2.45) is 0 Å². The fourth-order valence-electron chi connectivity index (χ4n) is 1.43. The van der Waals surface area contributed by atoms with Gasteiger partial charge in [-0.25, -0.2) is 0 Å². The molecule has 0 amide bonds. The monoisotopic (exact) mass is 478 g/mol. The molecule has 0 aliphatic carbocycles. The van der Waals surface area contributed by atoms with E-state index in [0.717, 1.165) is 0 Å². The highest BCUT2D eigenvalue weighted by Gasteiger charge is 2.95. The zero-order valence-electron chi connectivity index (χ0n) is 12.5. The Morgan fingerprint density at radius 3 is 1.03 bits per heavy atom. The van der Waals surface area contributed by atoms with E-state index in [1.54, 1.807) is 0 Å². The number of hydrogen-bond donors (Lipinski definition) is 0. The molecule has 2 nitrogen and oxygen atoms in total. The Labute approximate surface area is 146 Å². The molecule has 174 valence electrons. The van der Waals surface area contributed by atoms with Crippen LogP contribution in [0.2, 0.25) is 0 Å². The van der Waals surface area contributed by atoms with E-state index in [4.69, 9.17) is 0 Å². The van der Waals surface area contributed by atoms with Crippen molar-refractivity contribution in [1.82, 2.24) is 0 Å². The van der Waals surface area contributed by atoms with Crippen LogP contribution >= 0.6 is 0 Å². The maximum Gasteiger partial charge on any atom is 0.460 e. The average Bonchev–Trinajstić information content (AvgIpc) is 2.50. The van der Waals surface area contributed by atoms with Crippen LogP contribution in [-0.2, 0) is 9.53 Å². The van der Waals surface area contributed by atoms with Crippen molar-refractivity contribution in [2.75, 3.05) is 6.61 Å². The van der Waals surface area contributed by atoms with Gasteiger partial charge in [-0.05, 0) is 0 Å². The molecule has 0 rings (SSSR count). The standard InChI is InChI=1S/C10H3F17O2/c11-3(12,1-29-2-28)4(13,14)5(15,16)6(17,18)7(19,20)8(21,22)9(23,24)10(25,26)27/h2H,1H2. The highest BCUT2D eigenvalue weighted by atomic mass is 19.4. The molecule has 0 bridgehead atoms. The fourth-order valence-corrected chi connectivity index (χ4v) is 1.43. The summed E-state index contributed by atoms with van der Waals surface area (Å²) in [7, 11) is 0. The molecule has 0 N–H and O–H groups in total. The molecule has 29 heavy (non-hydrogen) atoms. The summed E-state index contributed by atoms with van der Waals surface area (Å²) in [5, 5.41) is 0. The number of carbonyl (C=O) groups excluding carboxylic acids is 1. The van der Waals surface area contributed by atoms with Crippen LogP contribution in [0.15, 0.2) is 0 Å². The summed E-state index contributed by atoms with van der Waals surface area (Å²) in [5.74, 6) is -57.0. The largest absolute Gasteiger partial charge is 0.461 e. The van der Waals surface area contributed by atoms with E-state index < -0.39 is 60.7 Å². The molecule has 0 unspecified atom stereocenters. The smallest absolute Gasteiger partial charge is 0.460 e. The molecule has 0 spiro atoms. The van der Waals surface area contributed by atoms with Crippen molar-refractivity contribution in [3.8, 4) is 0 Å². The first-order valence-electron chi connectivity index (χ1n) is 6.08. The Kier molecular flexibility index (Phi) is 6.51. The van der Waals surface area contributed by atoms with Gasteiger partial charge in [0.15, 0.2) is 6.61 Å². The molecule has 0 aliphatic heterocycles. The third-order valence-corrected chi connectivity index (χ3v) is 3.12. The van der Waals surface area contributed by atoms with Gasteiger partial charge >= 0.3 is 47.6 Å². The quantitative estimate of drug-likeness (QED) is 0.338. The lowest BCUT2D eigenvalue weighted by atomic mass is 9.89. The van der Waals surface area contributed by atoms with Crippen LogP contribution in [0.1, 0.15) is 0 Å². The predicted molar refractivity (Wildman–Crippen MR) is 52.7 cm³/mol. The molecule has 0 aliphatic rings. The maximum absolute atomic E-state index is 13.1. The van der Waals surface area contributed by atoms with Crippen LogP contribution in [0.5, 0.6) is 0 Å². The fraction of sp³-hybridized carbons (Fsp3) is 0.900. The van der Waals surface area contributed by atoms with Gasteiger partial charge in [-0.3, -0.25) is 4.79 Å². The van der Waals surface area contributed by atoms with Crippen LogP contribution in [0, 0.1) is 0 Å². The summed E-state index contributed by atoms with van der Waals surface area (Å²) in [5.41, 5.74) is 0. The first-order chi connectivity index (χ1) is 12.3. The van der Waals surface area contributed by atoms with Crippen molar-refractivity contribution in [3.63, 3.8) is 0 Å². The second-order valence-corrected chi connectivity index (χ2v) is 5.06. The molecular weight excluding hydrogens is 475 g/mol. The molecule has 0 aromatic carbocycles. The number of carbonyl (C=O) groups is 1. The van der Waals surface area contributed by atoms with Crippen molar-refractivity contribution in [1.29, 1.82) is 0 Å². The summed E-state index contributed by atoms with van der Waals surface area (Å²) in [6.45, 7) is -4.39. The number of ether oxygens (including phenoxy) is 1. The molecule has 0 fully saturated rings. The topological polar surface area (TPSA) is 26.3 Å². The van der Waals surface area contributed by atoms with E-state index in [0.29, 0.717) is 0 Å². The van der Waals surface area contributed by atoms with Gasteiger partial charge in [0.05, 0.1) is 0 Å². The normalized spacial score (nSPS) is 16.0. The average molecular weight is 478 g/mol. The van der Waals surface area contributed by atoms with Crippen molar-refractivity contribution < 1.29 is 84.2 Å². The van der Waals surface area contributed by atoms with Gasteiger partial charge in [0.25, 0.3) is 6.47 Å². The summed E-state index contributed by atoms with van der Waals surface area (Å²) >= 11 is 0. The Balaban J connectivity index is 6.61. The Morgan fingerprint density at radius 2 is 0.759 bits per heavy atom. The maximum atomic E-state index is 13.1. The highest BCUT2D eigenvalue weighted by molar-refractivity contribution is 5.37. The first-order valence-corrected chi connectivity index (χ1v) is 6.08. The van der Waals surface area contributed by atoms with Gasteiger partial charge in [0.2, 0.25) is 0 Å². The Morgan fingerprint density at radius 1 is 0.483 bits per heavy atom. The Bertz CT molecular complexity index is 604. The predicted octanol–water partition coefficient (Wildman–Crippen LogP) is 5.17. The van der Waals surface area contributed by atoms with Crippen LogP contribution < -0.4 is 0 Å². The van der Waals surface area contributed by atoms with Gasteiger partial charge in [0.1, 0.15) is 0 Å². The van der Waals surface area contributed by atoms with Gasteiger partial charge in [-0.15, -0.1) is 0 Å². The van der Waals surface area contributed by atoms with Crippen molar-refractivity contribution in [3.05, 3.63) is 0 Å². The van der Waals surface area contributed by atoms with Crippen LogP contribution in [0.25, 0.3) is 0 Å². The van der Waals surface area contributed by atoms with Gasteiger partial charge in [-0.1, -0.05) is 0 Å². The Hall–Kier alpha value is -1.72. The summed E-state index contributed by atoms with van der Waals surface area (Å²) < 4.78 is 220. The molecule has 0 radical (unpaired) electrons. The molecule has 0 heterocycles. The lowest BCUT2D eigenvalue weighted by molar-refractivity contribution is -0.462. The minimum Gasteiger partial charge on any atom is -0.461 e. The molecular formula is C10H3F17O2. The summed E-state index contributed by atoms with van der Waals surface area (Å²) in [4.78, 5) is 9.58. The van der Waals surface area contributed by atoms with Crippen LogP contribution in [-0.4, -0.2) is 60.7 Å². The molecule has 0 aromatic rings. The number of halogens is 17. The number of alkyl halides is 17. The van der Waals surface area contributed by atoms with Gasteiger partial charge in [0, 0.05) is 0 Å². The lowest BCUT2D eigenvalue weighted by Crippen LogP contribution is -2.74. The lowest BCUT2D eigenvalue weighted by Gasteiger charge is -2.42. The van der Waals surface area contributed by atoms with Gasteiger partial charge in [-0.2, -0.15) is 74.6 Å². The second-order valence-electron chi connectivity index (χ2n) is 5.06. The molecule has 0 aromatic heterocycles. The molecule has 0 atom stereocenters. The van der Waals surface area contributed by atoms with Crippen molar-refractivity contribution >= 4 is 6.47 Å². The molecule has 0 saturated heterocycles. The minimum absolute atomic E-state index is 1.16. The van der Waals surface area contributed by atoms with Crippen LogP contribution in [0.4, 0.5) is 74.6 Å². The zero-order valence-corrected chi connectivity index (χ0v) is 12.5. The molecule has 0 saturated carbocycles. The molecule has 19 heteroatoms. The van der Waals surface area contributed by atoms with Crippen molar-refractivity contribution in [2.45, 2.75) is 47.6 Å². The minimum atomic E-state index is -8.67. The highest BCUT2D eigenvalue weighted by Crippen LogP contribution is 2.63. The van der Waals surface area contributed by atoms with E-state index in [1.165, 1.54) is 0 Å². The van der Waals surface area contributed by atoms with Gasteiger partial charge < -0.3 is 4.74 Å². The van der Waals surface area contributed by atoms with E-state index >= 15 is 0 Å². The number of rotatable bonds is 9. The first kappa shape index (κ1) is 27.3. The van der Waals surface area contributed by atoms with E-state index in [9.17, 15) is 79.4 Å². The number of hydrogen-bond acceptors (Lipinski definition) is 2. The van der Waals surface area contributed by atoms with Crippen LogP contribution in [0.3, 0.4) is 0 Å². The third-order valence-electron chi connectivity index (χ3n) is 3.12. The zero-order chi connectivity index (χ0) is 24.1. The summed E-state index contributed by atoms with van der Waals surface area (Å²) in [6.07, 6.45) is -7.80. The third kappa shape index (κ3) is 3.53. The van der Waals surface area contributed by atoms with E-state index in [1.807, 2.05) is 0 Å².